The molecule has 2 atom stereocenters. The number of pyridine rings is 1. The summed E-state index contributed by atoms with van der Waals surface area (Å²) in [5.74, 6) is 1.75. The SMILES string of the molecule is COC1=Cc2[nH]c(-c3ccccc3)cc(=O)c2C2CC12. The van der Waals surface area contributed by atoms with Gasteiger partial charge in [0.2, 0.25) is 0 Å². The Hall–Kier alpha value is -2.29. The van der Waals surface area contributed by atoms with Crippen molar-refractivity contribution < 1.29 is 4.74 Å². The number of rotatable bonds is 2. The predicted molar refractivity (Wildman–Crippen MR) is 78.3 cm³/mol. The van der Waals surface area contributed by atoms with Gasteiger partial charge in [0.05, 0.1) is 7.11 Å². The normalized spacial score (nSPS) is 22.6. The maximum Gasteiger partial charge on any atom is 0.186 e. The van der Waals surface area contributed by atoms with Gasteiger partial charge in [0.15, 0.2) is 5.43 Å². The second-order valence-electron chi connectivity index (χ2n) is 5.44. The lowest BCUT2D eigenvalue weighted by Crippen LogP contribution is -2.15. The Kier molecular flexibility index (Phi) is 2.36. The summed E-state index contributed by atoms with van der Waals surface area (Å²) in [6.45, 7) is 0. The van der Waals surface area contributed by atoms with Gasteiger partial charge in [-0.3, -0.25) is 4.79 Å². The summed E-state index contributed by atoms with van der Waals surface area (Å²) in [5, 5.41) is 0. The molecule has 100 valence electrons. The van der Waals surface area contributed by atoms with Gasteiger partial charge in [0.25, 0.3) is 0 Å². The number of H-pyrrole nitrogens is 1. The molecule has 4 rings (SSSR count). The molecule has 2 aliphatic rings. The average molecular weight is 265 g/mol. The zero-order chi connectivity index (χ0) is 13.7. The molecule has 1 heterocycles. The van der Waals surface area contributed by atoms with Crippen molar-refractivity contribution in [2.75, 3.05) is 7.11 Å². The van der Waals surface area contributed by atoms with E-state index in [2.05, 4.69) is 4.98 Å². The summed E-state index contributed by atoms with van der Waals surface area (Å²) in [6, 6.07) is 11.6. The van der Waals surface area contributed by atoms with Crippen LogP contribution in [0.3, 0.4) is 0 Å². The van der Waals surface area contributed by atoms with Gasteiger partial charge in [-0.15, -0.1) is 0 Å². The molecule has 2 unspecified atom stereocenters. The summed E-state index contributed by atoms with van der Waals surface area (Å²) in [6.07, 6.45) is 3.01. The minimum atomic E-state index is 0.136. The Morgan fingerprint density at radius 1 is 1.20 bits per heavy atom. The minimum absolute atomic E-state index is 0.136. The fraction of sp³-hybridized carbons (Fsp3) is 0.235. The molecule has 1 N–H and O–H groups in total. The first kappa shape index (κ1) is 11.5. The first-order chi connectivity index (χ1) is 9.78. The fourth-order valence-electron chi connectivity index (χ4n) is 3.15. The van der Waals surface area contributed by atoms with Crippen molar-refractivity contribution in [1.82, 2.24) is 4.98 Å². The van der Waals surface area contributed by atoms with Crippen molar-refractivity contribution >= 4 is 6.08 Å². The number of benzene rings is 1. The van der Waals surface area contributed by atoms with Crippen LogP contribution in [0.2, 0.25) is 0 Å². The smallest absolute Gasteiger partial charge is 0.186 e. The summed E-state index contributed by atoms with van der Waals surface area (Å²) in [5.41, 5.74) is 3.86. The number of hydrogen-bond donors (Lipinski definition) is 1. The second-order valence-corrected chi connectivity index (χ2v) is 5.44. The summed E-state index contributed by atoms with van der Waals surface area (Å²) >= 11 is 0. The van der Waals surface area contributed by atoms with Gasteiger partial charge in [-0.2, -0.15) is 0 Å². The van der Waals surface area contributed by atoms with Crippen LogP contribution >= 0.6 is 0 Å². The number of aromatic amines is 1. The molecule has 0 aliphatic heterocycles. The third kappa shape index (κ3) is 1.63. The van der Waals surface area contributed by atoms with Crippen LogP contribution in [-0.2, 0) is 4.74 Å². The summed E-state index contributed by atoms with van der Waals surface area (Å²) in [7, 11) is 1.70. The monoisotopic (exact) mass is 265 g/mol. The van der Waals surface area contributed by atoms with Gasteiger partial charge in [-0.1, -0.05) is 30.3 Å². The van der Waals surface area contributed by atoms with Crippen LogP contribution in [0.1, 0.15) is 23.6 Å². The molecule has 1 aromatic carbocycles. The van der Waals surface area contributed by atoms with Gasteiger partial charge in [-0.25, -0.2) is 0 Å². The predicted octanol–water partition coefficient (Wildman–Crippen LogP) is 3.15. The Balaban J connectivity index is 1.90. The first-order valence-corrected chi connectivity index (χ1v) is 6.86. The molecule has 1 saturated carbocycles. The van der Waals surface area contributed by atoms with Crippen LogP contribution in [0.15, 0.2) is 47.0 Å². The van der Waals surface area contributed by atoms with Gasteiger partial charge >= 0.3 is 0 Å². The highest BCUT2D eigenvalue weighted by Gasteiger charge is 2.47. The number of aromatic nitrogens is 1. The van der Waals surface area contributed by atoms with Crippen LogP contribution in [0.25, 0.3) is 17.3 Å². The number of fused-ring (bicyclic) bond motifs is 3. The third-order valence-corrected chi connectivity index (χ3v) is 4.23. The van der Waals surface area contributed by atoms with E-state index in [9.17, 15) is 4.79 Å². The minimum Gasteiger partial charge on any atom is -0.501 e. The Morgan fingerprint density at radius 3 is 2.75 bits per heavy atom. The van der Waals surface area contributed by atoms with Crippen LogP contribution in [-0.4, -0.2) is 12.1 Å². The van der Waals surface area contributed by atoms with Crippen LogP contribution in [0, 0.1) is 5.92 Å². The molecule has 1 aromatic heterocycles. The van der Waals surface area contributed by atoms with E-state index >= 15 is 0 Å². The van der Waals surface area contributed by atoms with Crippen molar-refractivity contribution in [3.63, 3.8) is 0 Å². The Bertz CT molecular complexity index is 758. The first-order valence-electron chi connectivity index (χ1n) is 6.86. The average Bonchev–Trinajstić information content (AvgIpc) is 3.27. The molecular formula is C17H15NO2. The van der Waals surface area contributed by atoms with E-state index < -0.39 is 0 Å². The van der Waals surface area contributed by atoms with Gasteiger partial charge in [-0.05, 0) is 12.0 Å². The quantitative estimate of drug-likeness (QED) is 0.906. The van der Waals surface area contributed by atoms with E-state index in [-0.39, 0.29) is 5.43 Å². The largest absolute Gasteiger partial charge is 0.501 e. The van der Waals surface area contributed by atoms with Gasteiger partial charge in [0.1, 0.15) is 5.76 Å². The maximum absolute atomic E-state index is 12.4. The molecule has 0 amide bonds. The summed E-state index contributed by atoms with van der Waals surface area (Å²) < 4.78 is 5.43. The topological polar surface area (TPSA) is 42.1 Å². The zero-order valence-corrected chi connectivity index (χ0v) is 11.2. The molecular weight excluding hydrogens is 250 g/mol. The van der Waals surface area contributed by atoms with Gasteiger partial charge < -0.3 is 9.72 Å². The van der Waals surface area contributed by atoms with E-state index in [1.54, 1.807) is 13.2 Å². The number of methoxy groups -OCH3 is 1. The van der Waals surface area contributed by atoms with Crippen LogP contribution in [0.5, 0.6) is 0 Å². The fourth-order valence-corrected chi connectivity index (χ4v) is 3.15. The van der Waals surface area contributed by atoms with Crippen molar-refractivity contribution in [1.29, 1.82) is 0 Å². The molecule has 2 aliphatic carbocycles. The molecule has 0 radical (unpaired) electrons. The Morgan fingerprint density at radius 2 is 2.00 bits per heavy atom. The molecule has 2 aromatic rings. The molecule has 20 heavy (non-hydrogen) atoms. The van der Waals surface area contributed by atoms with Crippen molar-refractivity contribution in [3.8, 4) is 11.3 Å². The lowest BCUT2D eigenvalue weighted by molar-refractivity contribution is 0.272. The summed E-state index contributed by atoms with van der Waals surface area (Å²) in [4.78, 5) is 15.8. The van der Waals surface area contributed by atoms with Crippen LogP contribution < -0.4 is 5.43 Å². The van der Waals surface area contributed by atoms with E-state index in [1.807, 2.05) is 36.4 Å². The van der Waals surface area contributed by atoms with Crippen molar-refractivity contribution in [2.24, 2.45) is 5.92 Å². The maximum atomic E-state index is 12.4. The van der Waals surface area contributed by atoms with Crippen LogP contribution in [0.4, 0.5) is 0 Å². The molecule has 0 bridgehead atoms. The lowest BCUT2D eigenvalue weighted by atomic mass is 9.98. The third-order valence-electron chi connectivity index (χ3n) is 4.23. The molecule has 3 heteroatoms. The van der Waals surface area contributed by atoms with Gasteiger partial charge in [0, 0.05) is 40.9 Å². The van der Waals surface area contributed by atoms with Crippen molar-refractivity contribution in [2.45, 2.75) is 12.3 Å². The second kappa shape index (κ2) is 4.10. The standard InChI is InChI=1S/C17H15NO2/c1-20-16-9-14-17(12-7-11(12)16)15(19)8-13(18-14)10-5-3-2-4-6-10/h2-6,8-9,11-12H,7H2,1H3,(H,18,19). The van der Waals surface area contributed by atoms with E-state index in [0.717, 1.165) is 34.7 Å². The van der Waals surface area contributed by atoms with E-state index in [4.69, 9.17) is 4.74 Å². The number of hydrogen-bond acceptors (Lipinski definition) is 2. The highest BCUT2D eigenvalue weighted by atomic mass is 16.5. The highest BCUT2D eigenvalue weighted by molar-refractivity contribution is 5.66. The number of allylic oxidation sites excluding steroid dienone is 1. The van der Waals surface area contributed by atoms with E-state index in [0.29, 0.717) is 11.8 Å². The molecule has 0 saturated heterocycles. The van der Waals surface area contributed by atoms with E-state index in [1.165, 1.54) is 0 Å². The molecule has 3 nitrogen and oxygen atoms in total. The zero-order valence-electron chi connectivity index (χ0n) is 11.2. The van der Waals surface area contributed by atoms with Crippen molar-refractivity contribution in [3.05, 3.63) is 63.6 Å². The Labute approximate surface area is 116 Å². The highest BCUT2D eigenvalue weighted by Crippen LogP contribution is 2.55. The lowest BCUT2D eigenvalue weighted by Gasteiger charge is -2.15. The molecule has 0 spiro atoms. The molecule has 1 fully saturated rings. The number of ether oxygens (including phenoxy) is 1. The number of nitrogens with one attached hydrogen (secondary N) is 1.